The van der Waals surface area contributed by atoms with Gasteiger partial charge in [-0.15, -0.1) is 0 Å². The van der Waals surface area contributed by atoms with Crippen molar-refractivity contribution in [3.63, 3.8) is 0 Å². The Kier molecular flexibility index (Phi) is 7.54. The van der Waals surface area contributed by atoms with Crippen molar-refractivity contribution in [2.75, 3.05) is 36.5 Å². The number of amides is 2. The maximum Gasteiger partial charge on any atom is 0.227 e. The first-order valence-electron chi connectivity index (χ1n) is 11.8. The number of carbonyl (C=O) groups is 2. The van der Waals surface area contributed by atoms with Crippen LogP contribution >= 0.6 is 0 Å². The zero-order valence-electron chi connectivity index (χ0n) is 19.1. The van der Waals surface area contributed by atoms with Crippen molar-refractivity contribution in [3.05, 3.63) is 30.0 Å². The van der Waals surface area contributed by atoms with E-state index in [2.05, 4.69) is 30.7 Å². The van der Waals surface area contributed by atoms with Gasteiger partial charge < -0.3 is 24.8 Å². The summed E-state index contributed by atoms with van der Waals surface area (Å²) in [5.41, 5.74) is 0.0912. The van der Waals surface area contributed by atoms with Gasteiger partial charge in [0.05, 0.1) is 18.9 Å². The van der Waals surface area contributed by atoms with Crippen LogP contribution in [0.4, 0.5) is 11.5 Å². The second-order valence-corrected chi connectivity index (χ2v) is 8.71. The van der Waals surface area contributed by atoms with E-state index in [0.717, 1.165) is 57.4 Å². The molecule has 0 unspecified atom stereocenters. The SMILES string of the molecule is CC(=O)NC1(c2noc(CCC(=O)Nc3cccnc3N3CCOCC3)n2)CCCCCC1. The molecule has 2 fully saturated rings. The summed E-state index contributed by atoms with van der Waals surface area (Å²) in [7, 11) is 0. The Morgan fingerprint density at radius 2 is 1.91 bits per heavy atom. The summed E-state index contributed by atoms with van der Waals surface area (Å²) < 4.78 is 10.9. The van der Waals surface area contributed by atoms with Gasteiger partial charge in [0.1, 0.15) is 5.54 Å². The molecule has 10 nitrogen and oxygen atoms in total. The molecule has 178 valence electrons. The molecule has 0 atom stereocenters. The third kappa shape index (κ3) is 5.87. The first kappa shape index (κ1) is 23.2. The number of rotatable bonds is 7. The number of anilines is 2. The van der Waals surface area contributed by atoms with Crippen LogP contribution in [0.5, 0.6) is 0 Å². The van der Waals surface area contributed by atoms with Gasteiger partial charge in [0, 0.05) is 39.1 Å². The molecule has 2 aliphatic rings. The van der Waals surface area contributed by atoms with Crippen molar-refractivity contribution >= 4 is 23.3 Å². The van der Waals surface area contributed by atoms with E-state index in [-0.39, 0.29) is 18.2 Å². The summed E-state index contributed by atoms with van der Waals surface area (Å²) in [6.45, 7) is 4.27. The number of aryl methyl sites for hydroxylation is 1. The van der Waals surface area contributed by atoms with Crippen LogP contribution < -0.4 is 15.5 Å². The monoisotopic (exact) mass is 456 g/mol. The second-order valence-electron chi connectivity index (χ2n) is 8.71. The number of carbonyl (C=O) groups excluding carboxylic acids is 2. The second kappa shape index (κ2) is 10.7. The molecular formula is C23H32N6O4. The standard InChI is InChI=1S/C23H32N6O4/c1-17(30)27-23(10-4-2-3-5-11-23)22-26-20(33-28-22)9-8-19(31)25-18-7-6-12-24-21(18)29-13-15-32-16-14-29/h6-7,12H,2-5,8-11,13-16H2,1H3,(H,25,31)(H,27,30). The molecule has 2 amide bonds. The Bertz CT molecular complexity index is 948. The number of ether oxygens (including phenoxy) is 1. The summed E-state index contributed by atoms with van der Waals surface area (Å²) in [5.74, 6) is 1.41. The summed E-state index contributed by atoms with van der Waals surface area (Å²) in [6.07, 6.45) is 8.09. The van der Waals surface area contributed by atoms with Gasteiger partial charge in [-0.2, -0.15) is 4.98 Å². The summed E-state index contributed by atoms with van der Waals surface area (Å²) in [4.78, 5) is 35.6. The molecule has 4 rings (SSSR count). The average Bonchev–Trinajstić information content (AvgIpc) is 3.18. The molecule has 0 spiro atoms. The number of nitrogens with zero attached hydrogens (tertiary/aromatic N) is 4. The predicted octanol–water partition coefficient (Wildman–Crippen LogP) is 2.56. The summed E-state index contributed by atoms with van der Waals surface area (Å²) >= 11 is 0. The molecule has 2 aromatic heterocycles. The third-order valence-corrected chi connectivity index (χ3v) is 6.21. The molecule has 10 heteroatoms. The fourth-order valence-corrected chi connectivity index (χ4v) is 4.58. The number of hydrogen-bond acceptors (Lipinski definition) is 8. The smallest absolute Gasteiger partial charge is 0.227 e. The highest BCUT2D eigenvalue weighted by molar-refractivity contribution is 5.93. The minimum Gasteiger partial charge on any atom is -0.378 e. The quantitative estimate of drug-likeness (QED) is 0.610. The van der Waals surface area contributed by atoms with E-state index in [0.29, 0.717) is 37.0 Å². The lowest BCUT2D eigenvalue weighted by Gasteiger charge is -2.30. The van der Waals surface area contributed by atoms with Crippen molar-refractivity contribution in [2.45, 2.75) is 63.8 Å². The van der Waals surface area contributed by atoms with E-state index in [4.69, 9.17) is 9.26 Å². The topological polar surface area (TPSA) is 122 Å². The van der Waals surface area contributed by atoms with E-state index >= 15 is 0 Å². The fourth-order valence-electron chi connectivity index (χ4n) is 4.58. The van der Waals surface area contributed by atoms with Crippen LogP contribution in [0.15, 0.2) is 22.9 Å². The molecule has 2 N–H and O–H groups in total. The van der Waals surface area contributed by atoms with E-state index in [1.807, 2.05) is 6.07 Å². The molecule has 0 radical (unpaired) electrons. The largest absolute Gasteiger partial charge is 0.378 e. The third-order valence-electron chi connectivity index (χ3n) is 6.21. The van der Waals surface area contributed by atoms with Gasteiger partial charge >= 0.3 is 0 Å². The Hall–Kier alpha value is -3.01. The van der Waals surface area contributed by atoms with E-state index in [9.17, 15) is 9.59 Å². The normalized spacial score (nSPS) is 18.4. The van der Waals surface area contributed by atoms with Crippen LogP contribution in [0.25, 0.3) is 0 Å². The van der Waals surface area contributed by atoms with Gasteiger partial charge in [0.2, 0.25) is 17.7 Å². The number of aromatic nitrogens is 3. The van der Waals surface area contributed by atoms with Crippen LogP contribution in [-0.4, -0.2) is 53.2 Å². The lowest BCUT2D eigenvalue weighted by atomic mass is 9.89. The molecular weight excluding hydrogens is 424 g/mol. The maximum atomic E-state index is 12.7. The van der Waals surface area contributed by atoms with Crippen molar-refractivity contribution in [2.24, 2.45) is 0 Å². The van der Waals surface area contributed by atoms with Crippen LogP contribution in [-0.2, 0) is 26.3 Å². The van der Waals surface area contributed by atoms with Gasteiger partial charge in [-0.3, -0.25) is 9.59 Å². The lowest BCUT2D eigenvalue weighted by Crippen LogP contribution is -2.45. The summed E-state index contributed by atoms with van der Waals surface area (Å²) in [5, 5.41) is 10.2. The molecule has 33 heavy (non-hydrogen) atoms. The van der Waals surface area contributed by atoms with Crippen LogP contribution in [0.2, 0.25) is 0 Å². The van der Waals surface area contributed by atoms with Gasteiger partial charge in [-0.25, -0.2) is 4.98 Å². The van der Waals surface area contributed by atoms with Crippen molar-refractivity contribution in [1.82, 2.24) is 20.4 Å². The molecule has 1 aliphatic carbocycles. The van der Waals surface area contributed by atoms with Gasteiger partial charge in [-0.1, -0.05) is 30.8 Å². The Morgan fingerprint density at radius 3 is 2.64 bits per heavy atom. The lowest BCUT2D eigenvalue weighted by molar-refractivity contribution is -0.121. The van der Waals surface area contributed by atoms with Gasteiger partial charge in [0.15, 0.2) is 11.6 Å². The van der Waals surface area contributed by atoms with E-state index < -0.39 is 5.54 Å². The fraction of sp³-hybridized carbons (Fsp3) is 0.609. The summed E-state index contributed by atoms with van der Waals surface area (Å²) in [6, 6.07) is 3.65. The first-order chi connectivity index (χ1) is 16.1. The highest BCUT2D eigenvalue weighted by atomic mass is 16.5. The van der Waals surface area contributed by atoms with Crippen LogP contribution in [0.3, 0.4) is 0 Å². The van der Waals surface area contributed by atoms with Gasteiger partial charge in [0.25, 0.3) is 0 Å². The molecule has 0 bridgehead atoms. The van der Waals surface area contributed by atoms with Crippen molar-refractivity contribution in [3.8, 4) is 0 Å². The minimum absolute atomic E-state index is 0.102. The number of hydrogen-bond donors (Lipinski definition) is 2. The minimum atomic E-state index is -0.588. The molecule has 1 saturated heterocycles. The molecule has 1 saturated carbocycles. The number of morpholine rings is 1. The zero-order valence-corrected chi connectivity index (χ0v) is 19.1. The Morgan fingerprint density at radius 1 is 1.15 bits per heavy atom. The van der Waals surface area contributed by atoms with Gasteiger partial charge in [-0.05, 0) is 25.0 Å². The van der Waals surface area contributed by atoms with E-state index in [1.165, 1.54) is 6.92 Å². The van der Waals surface area contributed by atoms with Crippen LogP contribution in [0, 0.1) is 0 Å². The Balaban J connectivity index is 1.38. The maximum absolute atomic E-state index is 12.7. The molecule has 0 aromatic carbocycles. The predicted molar refractivity (Wildman–Crippen MR) is 122 cm³/mol. The molecule has 2 aromatic rings. The molecule has 3 heterocycles. The van der Waals surface area contributed by atoms with Crippen molar-refractivity contribution < 1.29 is 18.8 Å². The van der Waals surface area contributed by atoms with E-state index in [1.54, 1.807) is 12.3 Å². The van der Waals surface area contributed by atoms with Crippen LogP contribution in [0.1, 0.15) is 63.6 Å². The number of pyridine rings is 1. The molecule has 1 aliphatic heterocycles. The highest BCUT2D eigenvalue weighted by Gasteiger charge is 2.38. The first-order valence-corrected chi connectivity index (χ1v) is 11.8. The Labute approximate surface area is 193 Å². The highest BCUT2D eigenvalue weighted by Crippen LogP contribution is 2.34. The number of nitrogens with one attached hydrogen (secondary N) is 2. The average molecular weight is 457 g/mol. The van der Waals surface area contributed by atoms with Crippen molar-refractivity contribution in [1.29, 1.82) is 0 Å². The zero-order chi connectivity index (χ0) is 23.1.